The molecule has 2 aromatic rings. The van der Waals surface area contributed by atoms with Gasteiger partial charge in [0.25, 0.3) is 6.43 Å². The molecular weight excluding hydrogens is 459 g/mol. The van der Waals surface area contributed by atoms with Crippen molar-refractivity contribution in [2.24, 2.45) is 0 Å². The fraction of sp³-hybridized carbons (Fsp3) is 0.480. The average Bonchev–Trinajstić information content (AvgIpc) is 3.17. The second-order valence-corrected chi connectivity index (χ2v) is 9.30. The number of likely N-dealkylation sites (tertiary alicyclic amines) is 1. The van der Waals surface area contributed by atoms with Gasteiger partial charge in [-0.2, -0.15) is 0 Å². The zero-order chi connectivity index (χ0) is 25.5. The molecule has 1 fully saturated rings. The Morgan fingerprint density at radius 2 is 2.00 bits per heavy atom. The van der Waals surface area contributed by atoms with Crippen LogP contribution in [0.1, 0.15) is 56.3 Å². The normalized spacial score (nSPS) is 22.8. The van der Waals surface area contributed by atoms with E-state index < -0.39 is 29.4 Å². The largest absolute Gasteiger partial charge is 0.372 e. The Bertz CT molecular complexity index is 1160. The predicted octanol–water partition coefficient (Wildman–Crippen LogP) is 4.59. The number of nitrogens with one attached hydrogen (secondary N) is 1. The lowest BCUT2D eigenvalue weighted by molar-refractivity contribution is -0.130. The lowest BCUT2D eigenvalue weighted by Crippen LogP contribution is -2.43. The van der Waals surface area contributed by atoms with Crippen molar-refractivity contribution < 1.29 is 22.7 Å². The number of likely N-dealkylation sites (N-methyl/N-ethyl adjacent to an activating group) is 1. The number of benzene rings is 1. The van der Waals surface area contributed by atoms with Gasteiger partial charge in [0.05, 0.1) is 23.7 Å². The van der Waals surface area contributed by atoms with Crippen molar-refractivity contribution >= 4 is 23.6 Å². The van der Waals surface area contributed by atoms with Crippen LogP contribution in [0.5, 0.6) is 0 Å². The van der Waals surface area contributed by atoms with Gasteiger partial charge in [-0.25, -0.2) is 23.1 Å². The summed E-state index contributed by atoms with van der Waals surface area (Å²) in [5, 5.41) is 3.18. The number of fused-ring (bicyclic) bond motifs is 1. The molecule has 0 spiro atoms. The molecule has 1 aromatic heterocycles. The van der Waals surface area contributed by atoms with Crippen LogP contribution in [0.25, 0.3) is 6.08 Å². The molecule has 0 bridgehead atoms. The third kappa shape index (κ3) is 4.47. The summed E-state index contributed by atoms with van der Waals surface area (Å²) in [4.78, 5) is 24.7. The zero-order valence-corrected chi connectivity index (χ0v) is 20.5. The Labute approximate surface area is 203 Å². The Hall–Kier alpha value is -3.14. The number of amides is 1. The molecule has 0 unspecified atom stereocenters. The average molecular weight is 490 g/mol. The molecule has 4 rings (SSSR count). The lowest BCUT2D eigenvalue weighted by Gasteiger charge is -2.37. The maximum atomic E-state index is 14.8. The van der Waals surface area contributed by atoms with E-state index in [1.54, 1.807) is 25.9 Å². The van der Waals surface area contributed by atoms with Gasteiger partial charge in [-0.15, -0.1) is 0 Å². The van der Waals surface area contributed by atoms with Crippen LogP contribution in [0.15, 0.2) is 30.1 Å². The van der Waals surface area contributed by atoms with E-state index in [1.165, 1.54) is 18.5 Å². The molecule has 0 radical (unpaired) electrons. The Balaban J connectivity index is 1.71. The number of aromatic nitrogens is 2. The van der Waals surface area contributed by atoms with E-state index in [1.807, 2.05) is 24.9 Å². The fourth-order valence-electron chi connectivity index (χ4n) is 5.13. The van der Waals surface area contributed by atoms with Gasteiger partial charge in [0.15, 0.2) is 0 Å². The monoisotopic (exact) mass is 489 g/mol. The first-order chi connectivity index (χ1) is 16.6. The van der Waals surface area contributed by atoms with Crippen molar-refractivity contribution in [2.75, 3.05) is 37.5 Å². The smallest absolute Gasteiger partial charge is 0.266 e. The molecule has 10 heteroatoms. The van der Waals surface area contributed by atoms with Crippen LogP contribution in [0, 0.1) is 5.82 Å². The minimum atomic E-state index is -2.90. The predicted molar refractivity (Wildman–Crippen MR) is 128 cm³/mol. The molecule has 1 aromatic carbocycles. The SMILES string of the molecule is CO[C@@]1(C2=Cc3c(N[C@H](C)c4cccc(C(F)F)c4F)ncnc3N(C)C2)C[C@@H](C)N(C(C)=O)C1. The van der Waals surface area contributed by atoms with E-state index in [9.17, 15) is 18.0 Å². The maximum Gasteiger partial charge on any atom is 0.266 e. The van der Waals surface area contributed by atoms with E-state index in [4.69, 9.17) is 4.74 Å². The van der Waals surface area contributed by atoms with Crippen LogP contribution in [0.3, 0.4) is 0 Å². The van der Waals surface area contributed by atoms with Crippen molar-refractivity contribution in [3.63, 3.8) is 0 Å². The molecular formula is C25H30F3N5O2. The number of rotatable bonds is 6. The van der Waals surface area contributed by atoms with E-state index in [0.717, 1.165) is 11.6 Å². The number of carbonyl (C=O) groups excluding carboxylic acids is 1. The number of methoxy groups -OCH3 is 1. The standard InChI is InChI=1S/C25H30F3N5O2/c1-14-10-25(35-5,12-33(14)16(3)34)17-9-20-23(29-13-30-24(20)32(4)11-17)31-15(2)18-7-6-8-19(21(18)26)22(27)28/h6-9,13-15,22H,10-12H2,1-5H3,(H,29,30,31)/t14-,15-,25+/m1/s1. The van der Waals surface area contributed by atoms with Gasteiger partial charge in [-0.3, -0.25) is 4.79 Å². The van der Waals surface area contributed by atoms with Gasteiger partial charge in [0, 0.05) is 45.7 Å². The highest BCUT2D eigenvalue weighted by atomic mass is 19.3. The molecule has 1 saturated heterocycles. The summed E-state index contributed by atoms with van der Waals surface area (Å²) in [5.41, 5.74) is 0.502. The van der Waals surface area contributed by atoms with Crippen molar-refractivity contribution in [3.8, 4) is 0 Å². The third-order valence-electron chi connectivity index (χ3n) is 7.03. The van der Waals surface area contributed by atoms with E-state index in [0.29, 0.717) is 36.7 Å². The second-order valence-electron chi connectivity index (χ2n) is 9.30. The summed E-state index contributed by atoms with van der Waals surface area (Å²) in [7, 11) is 3.55. The molecule has 0 saturated carbocycles. The molecule has 35 heavy (non-hydrogen) atoms. The number of ether oxygens (including phenoxy) is 1. The van der Waals surface area contributed by atoms with Crippen LogP contribution >= 0.6 is 0 Å². The van der Waals surface area contributed by atoms with Gasteiger partial charge >= 0.3 is 0 Å². The molecule has 2 aliphatic heterocycles. The van der Waals surface area contributed by atoms with Gasteiger partial charge < -0.3 is 19.9 Å². The highest BCUT2D eigenvalue weighted by molar-refractivity contribution is 5.80. The van der Waals surface area contributed by atoms with Crippen LogP contribution in [-0.2, 0) is 9.53 Å². The minimum Gasteiger partial charge on any atom is -0.372 e. The van der Waals surface area contributed by atoms with Crippen molar-refractivity contribution in [1.82, 2.24) is 14.9 Å². The van der Waals surface area contributed by atoms with Crippen LogP contribution in [0.4, 0.5) is 24.8 Å². The highest BCUT2D eigenvalue weighted by Crippen LogP contribution is 2.42. The minimum absolute atomic E-state index is 0.00541. The van der Waals surface area contributed by atoms with E-state index in [-0.39, 0.29) is 17.5 Å². The highest BCUT2D eigenvalue weighted by Gasteiger charge is 2.47. The van der Waals surface area contributed by atoms with Gasteiger partial charge in [0.2, 0.25) is 5.91 Å². The van der Waals surface area contributed by atoms with Gasteiger partial charge in [-0.1, -0.05) is 18.2 Å². The lowest BCUT2D eigenvalue weighted by atomic mass is 9.87. The zero-order valence-electron chi connectivity index (χ0n) is 20.5. The first-order valence-electron chi connectivity index (χ1n) is 11.5. The van der Waals surface area contributed by atoms with Crippen molar-refractivity contribution in [1.29, 1.82) is 0 Å². The number of nitrogens with zero attached hydrogens (tertiary/aromatic N) is 4. The molecule has 3 heterocycles. The third-order valence-corrected chi connectivity index (χ3v) is 7.03. The van der Waals surface area contributed by atoms with Crippen LogP contribution in [-0.4, -0.2) is 59.7 Å². The molecule has 1 N–H and O–H groups in total. The molecule has 3 atom stereocenters. The summed E-state index contributed by atoms with van der Waals surface area (Å²) in [6, 6.07) is 3.38. The van der Waals surface area contributed by atoms with Crippen molar-refractivity contribution in [2.45, 2.75) is 51.3 Å². The number of halogens is 3. The first-order valence-corrected chi connectivity index (χ1v) is 11.5. The number of anilines is 2. The molecule has 188 valence electrons. The fourth-order valence-corrected chi connectivity index (χ4v) is 5.13. The summed E-state index contributed by atoms with van der Waals surface area (Å²) in [5.74, 6) is 0.200. The van der Waals surface area contributed by atoms with E-state index in [2.05, 4.69) is 15.3 Å². The number of alkyl halides is 2. The quantitative estimate of drug-likeness (QED) is 0.640. The summed E-state index contributed by atoms with van der Waals surface area (Å²) >= 11 is 0. The molecule has 1 amide bonds. The number of hydrogen-bond donors (Lipinski definition) is 1. The Morgan fingerprint density at radius 1 is 1.29 bits per heavy atom. The molecule has 0 aliphatic carbocycles. The topological polar surface area (TPSA) is 70.6 Å². The summed E-state index contributed by atoms with van der Waals surface area (Å²) in [6.45, 7) is 6.24. The molecule has 2 aliphatic rings. The Kier molecular flexibility index (Phi) is 6.77. The van der Waals surface area contributed by atoms with Crippen molar-refractivity contribution in [3.05, 3.63) is 52.6 Å². The van der Waals surface area contributed by atoms with Gasteiger partial charge in [0.1, 0.15) is 29.4 Å². The summed E-state index contributed by atoms with van der Waals surface area (Å²) in [6.07, 6.45) is 1.13. The Morgan fingerprint density at radius 3 is 2.63 bits per heavy atom. The van der Waals surface area contributed by atoms with Crippen LogP contribution in [0.2, 0.25) is 0 Å². The number of carbonyl (C=O) groups is 1. The maximum absolute atomic E-state index is 14.8. The second kappa shape index (κ2) is 9.49. The molecule has 7 nitrogen and oxygen atoms in total. The van der Waals surface area contributed by atoms with E-state index >= 15 is 0 Å². The summed E-state index contributed by atoms with van der Waals surface area (Å²) < 4.78 is 47.2. The van der Waals surface area contributed by atoms with Gasteiger partial charge in [-0.05, 0) is 25.5 Å². The first kappa shape index (κ1) is 25.0. The van der Waals surface area contributed by atoms with Crippen LogP contribution < -0.4 is 10.2 Å². The number of hydrogen-bond acceptors (Lipinski definition) is 6.